The number of thioether (sulfide) groups is 1. The highest BCUT2D eigenvalue weighted by Crippen LogP contribution is 2.33. The van der Waals surface area contributed by atoms with Crippen LogP contribution < -0.4 is 5.32 Å². The van der Waals surface area contributed by atoms with Crippen molar-refractivity contribution in [3.8, 4) is 0 Å². The molecule has 0 spiro atoms. The van der Waals surface area contributed by atoms with E-state index in [4.69, 9.17) is 23.2 Å². The first-order chi connectivity index (χ1) is 9.97. The normalized spacial score (nSPS) is 10.5. The number of anilines is 1. The lowest BCUT2D eigenvalue weighted by atomic mass is 10.3. The number of halogens is 4. The average molecular weight is 348 g/mol. The summed E-state index contributed by atoms with van der Waals surface area (Å²) in [5.41, 5.74) is 0.185. The minimum absolute atomic E-state index is 0.0441. The molecule has 0 unspecified atom stereocenters. The molecular formula is C14H9Cl2F2NOS. The summed E-state index contributed by atoms with van der Waals surface area (Å²) in [7, 11) is 0. The molecule has 0 aliphatic heterocycles. The van der Waals surface area contributed by atoms with Crippen LogP contribution in [0.5, 0.6) is 0 Å². The Morgan fingerprint density at radius 3 is 2.38 bits per heavy atom. The summed E-state index contributed by atoms with van der Waals surface area (Å²) < 4.78 is 25.8. The van der Waals surface area contributed by atoms with Crippen molar-refractivity contribution in [1.82, 2.24) is 0 Å². The summed E-state index contributed by atoms with van der Waals surface area (Å²) in [4.78, 5) is 12.4. The van der Waals surface area contributed by atoms with Gasteiger partial charge in [0, 0.05) is 16.6 Å². The summed E-state index contributed by atoms with van der Waals surface area (Å²) in [6, 6.07) is 8.19. The van der Waals surface area contributed by atoms with Gasteiger partial charge in [-0.2, -0.15) is 0 Å². The lowest BCUT2D eigenvalue weighted by Crippen LogP contribution is -2.14. The van der Waals surface area contributed by atoms with Gasteiger partial charge in [-0.1, -0.05) is 29.3 Å². The second-order valence-electron chi connectivity index (χ2n) is 4.02. The quantitative estimate of drug-likeness (QED) is 0.788. The fourth-order valence-corrected chi connectivity index (χ4v) is 3.01. The van der Waals surface area contributed by atoms with E-state index in [0.29, 0.717) is 14.9 Å². The Morgan fingerprint density at radius 2 is 1.76 bits per heavy atom. The first kappa shape index (κ1) is 16.1. The Morgan fingerprint density at radius 1 is 1.10 bits per heavy atom. The van der Waals surface area contributed by atoms with Crippen LogP contribution in [0.1, 0.15) is 0 Å². The molecule has 0 fully saturated rings. The van der Waals surface area contributed by atoms with E-state index >= 15 is 0 Å². The highest BCUT2D eigenvalue weighted by molar-refractivity contribution is 8.00. The maximum Gasteiger partial charge on any atom is 0.234 e. The number of hydrogen-bond acceptors (Lipinski definition) is 2. The lowest BCUT2D eigenvalue weighted by molar-refractivity contribution is -0.113. The van der Waals surface area contributed by atoms with Gasteiger partial charge in [-0.05, 0) is 24.3 Å². The van der Waals surface area contributed by atoms with E-state index in [-0.39, 0.29) is 17.3 Å². The molecule has 1 N–H and O–H groups in total. The lowest BCUT2D eigenvalue weighted by Gasteiger charge is -2.08. The number of rotatable bonds is 4. The molecule has 110 valence electrons. The first-order valence-electron chi connectivity index (χ1n) is 5.79. The van der Waals surface area contributed by atoms with Crippen LogP contribution in [0.25, 0.3) is 0 Å². The third kappa shape index (κ3) is 4.33. The molecule has 0 radical (unpaired) electrons. The molecular weight excluding hydrogens is 339 g/mol. The van der Waals surface area contributed by atoms with Crippen molar-refractivity contribution in [1.29, 1.82) is 0 Å². The highest BCUT2D eigenvalue weighted by atomic mass is 35.5. The van der Waals surface area contributed by atoms with Gasteiger partial charge in [-0.3, -0.25) is 4.79 Å². The second-order valence-corrected chi connectivity index (χ2v) is 5.82. The minimum Gasteiger partial charge on any atom is -0.325 e. The number of hydrogen-bond donors (Lipinski definition) is 1. The smallest absolute Gasteiger partial charge is 0.234 e. The van der Waals surface area contributed by atoms with Crippen LogP contribution in [0.3, 0.4) is 0 Å². The van der Waals surface area contributed by atoms with Crippen molar-refractivity contribution in [2.45, 2.75) is 4.90 Å². The van der Waals surface area contributed by atoms with Gasteiger partial charge < -0.3 is 5.32 Å². The third-order valence-electron chi connectivity index (χ3n) is 2.47. The number of carbonyl (C=O) groups is 1. The largest absolute Gasteiger partial charge is 0.325 e. The molecule has 2 aromatic carbocycles. The van der Waals surface area contributed by atoms with E-state index in [9.17, 15) is 13.6 Å². The topological polar surface area (TPSA) is 29.1 Å². The molecule has 2 nitrogen and oxygen atoms in total. The molecule has 0 heterocycles. The van der Waals surface area contributed by atoms with Crippen molar-refractivity contribution in [2.24, 2.45) is 0 Å². The van der Waals surface area contributed by atoms with Crippen molar-refractivity contribution in [3.05, 3.63) is 58.1 Å². The van der Waals surface area contributed by atoms with Crippen molar-refractivity contribution < 1.29 is 13.6 Å². The fourth-order valence-electron chi connectivity index (χ4n) is 1.53. The van der Waals surface area contributed by atoms with E-state index in [1.54, 1.807) is 18.2 Å². The number of carbonyl (C=O) groups excluding carboxylic acids is 1. The predicted molar refractivity (Wildman–Crippen MR) is 82.2 cm³/mol. The monoisotopic (exact) mass is 347 g/mol. The van der Waals surface area contributed by atoms with Gasteiger partial charge in [-0.15, -0.1) is 11.8 Å². The van der Waals surface area contributed by atoms with Crippen molar-refractivity contribution in [2.75, 3.05) is 11.1 Å². The molecule has 0 saturated carbocycles. The number of amides is 1. The standard InChI is InChI=1S/C14H9Cl2F2NOS/c15-9-2-1-3-10(16)14(9)21-7-13(20)19-8-4-5-11(17)12(18)6-8/h1-6H,7H2,(H,19,20). The maximum absolute atomic E-state index is 13.0. The molecule has 0 atom stereocenters. The van der Waals surface area contributed by atoms with Gasteiger partial charge in [0.25, 0.3) is 0 Å². The van der Waals surface area contributed by atoms with Gasteiger partial charge in [0.05, 0.1) is 15.8 Å². The van der Waals surface area contributed by atoms with Crippen LogP contribution in [0.4, 0.5) is 14.5 Å². The Labute approximate surface area is 134 Å². The van der Waals surface area contributed by atoms with E-state index in [0.717, 1.165) is 23.9 Å². The van der Waals surface area contributed by atoms with Crippen LogP contribution >= 0.6 is 35.0 Å². The summed E-state index contributed by atoms with van der Waals surface area (Å²) >= 11 is 13.1. The summed E-state index contributed by atoms with van der Waals surface area (Å²) in [6.07, 6.45) is 0. The van der Waals surface area contributed by atoms with E-state index in [1.807, 2.05) is 0 Å². The molecule has 0 bridgehead atoms. The van der Waals surface area contributed by atoms with E-state index in [2.05, 4.69) is 5.32 Å². The van der Waals surface area contributed by atoms with Gasteiger partial charge >= 0.3 is 0 Å². The molecule has 0 aliphatic carbocycles. The molecule has 0 aromatic heterocycles. The summed E-state index contributed by atoms with van der Waals surface area (Å²) in [5, 5.41) is 3.37. The van der Waals surface area contributed by atoms with Gasteiger partial charge in [0.15, 0.2) is 11.6 Å². The van der Waals surface area contributed by atoms with Crippen LogP contribution in [-0.2, 0) is 4.79 Å². The summed E-state index contributed by atoms with van der Waals surface area (Å²) in [5.74, 6) is -2.32. The Hall–Kier alpha value is -1.30. The van der Waals surface area contributed by atoms with Gasteiger partial charge in [0.2, 0.25) is 5.91 Å². The van der Waals surface area contributed by atoms with Crippen molar-refractivity contribution >= 4 is 46.6 Å². The van der Waals surface area contributed by atoms with E-state index in [1.165, 1.54) is 6.07 Å². The maximum atomic E-state index is 13.0. The molecule has 7 heteroatoms. The Kier molecular flexibility index (Phi) is 5.45. The fraction of sp³-hybridized carbons (Fsp3) is 0.0714. The first-order valence-corrected chi connectivity index (χ1v) is 7.53. The predicted octanol–water partition coefficient (Wildman–Crippen LogP) is 5.00. The number of nitrogens with one attached hydrogen (secondary N) is 1. The van der Waals surface area contributed by atoms with E-state index < -0.39 is 11.6 Å². The van der Waals surface area contributed by atoms with Crippen LogP contribution in [-0.4, -0.2) is 11.7 Å². The van der Waals surface area contributed by atoms with Crippen molar-refractivity contribution in [3.63, 3.8) is 0 Å². The highest BCUT2D eigenvalue weighted by Gasteiger charge is 2.10. The SMILES string of the molecule is O=C(CSc1c(Cl)cccc1Cl)Nc1ccc(F)c(F)c1. The van der Waals surface area contributed by atoms with Crippen LogP contribution in [0.15, 0.2) is 41.3 Å². The molecule has 1 amide bonds. The zero-order valence-corrected chi connectivity index (χ0v) is 12.8. The van der Waals surface area contributed by atoms with Gasteiger partial charge in [0.1, 0.15) is 0 Å². The Bertz CT molecular complexity index is 662. The van der Waals surface area contributed by atoms with Crippen LogP contribution in [0, 0.1) is 11.6 Å². The average Bonchev–Trinajstić information content (AvgIpc) is 2.42. The zero-order chi connectivity index (χ0) is 15.4. The minimum atomic E-state index is -1.02. The number of benzene rings is 2. The second kappa shape index (κ2) is 7.11. The third-order valence-corrected chi connectivity index (χ3v) is 4.46. The Balaban J connectivity index is 1.97. The molecule has 0 saturated heterocycles. The molecule has 2 aromatic rings. The molecule has 0 aliphatic rings. The summed E-state index contributed by atoms with van der Waals surface area (Å²) in [6.45, 7) is 0. The van der Waals surface area contributed by atoms with Crippen LogP contribution in [0.2, 0.25) is 10.0 Å². The molecule has 2 rings (SSSR count). The zero-order valence-electron chi connectivity index (χ0n) is 10.5. The van der Waals surface area contributed by atoms with Gasteiger partial charge in [-0.25, -0.2) is 8.78 Å². The molecule has 21 heavy (non-hydrogen) atoms.